The van der Waals surface area contributed by atoms with E-state index in [0.717, 1.165) is 12.0 Å². The Hall–Kier alpha value is -2.70. The van der Waals surface area contributed by atoms with Crippen LogP contribution in [0.1, 0.15) is 34.4 Å². The normalized spacial score (nSPS) is 24.4. The van der Waals surface area contributed by atoms with E-state index in [1.54, 1.807) is 0 Å². The molecule has 3 rings (SSSR count). The first kappa shape index (κ1) is 19.1. The fraction of sp³-hybridized carbons (Fsp3) is 0.368. The first-order valence-electron chi connectivity index (χ1n) is 8.54. The quantitative estimate of drug-likeness (QED) is 0.528. The minimum atomic E-state index is -1.30. The number of carbonyl (C=O) groups is 1. The molecule has 8 nitrogen and oxygen atoms in total. The summed E-state index contributed by atoms with van der Waals surface area (Å²) in [5, 5.41) is 29.4. The van der Waals surface area contributed by atoms with Crippen molar-refractivity contribution in [1.29, 1.82) is 0 Å². The largest absolute Gasteiger partial charge is 0.394 e. The highest BCUT2D eigenvalue weighted by Gasteiger charge is 2.44. The Morgan fingerprint density at radius 1 is 1.26 bits per heavy atom. The summed E-state index contributed by atoms with van der Waals surface area (Å²) < 4.78 is 6.84. The predicted molar refractivity (Wildman–Crippen MR) is 95.4 cm³/mol. The molecule has 8 heteroatoms. The molecule has 1 fully saturated rings. The molecule has 1 aromatic heterocycles. The van der Waals surface area contributed by atoms with Gasteiger partial charge in [-0.15, -0.1) is 0 Å². The third kappa shape index (κ3) is 4.02. The van der Waals surface area contributed by atoms with Crippen molar-refractivity contribution < 1.29 is 24.9 Å². The van der Waals surface area contributed by atoms with Crippen LogP contribution in [-0.4, -0.2) is 55.7 Å². The average Bonchev–Trinajstić information content (AvgIpc) is 3.21. The topological polar surface area (TPSA) is 131 Å². The Labute approximate surface area is 156 Å². The summed E-state index contributed by atoms with van der Waals surface area (Å²) in [4.78, 5) is 15.6. The van der Waals surface area contributed by atoms with E-state index in [9.17, 15) is 20.1 Å². The van der Waals surface area contributed by atoms with Crippen LogP contribution in [0.15, 0.2) is 36.7 Å². The first-order valence-corrected chi connectivity index (χ1v) is 8.54. The standard InChI is InChI=1S/C19H21N3O5/c20-18(26)15-13(9-5-4-8-12-6-2-1-3-7-12)22(11-21-15)19-17(25)16(24)14(10-23)27-19/h1-3,6-7,11,14,16-17,19,23-25H,4,8,10H2,(H2,20,26)/t14-,16-,17-,19-/m1/s1. The van der Waals surface area contributed by atoms with Gasteiger partial charge in [0.05, 0.1) is 12.9 Å². The number of hydrogen-bond acceptors (Lipinski definition) is 6. The molecular weight excluding hydrogens is 350 g/mol. The zero-order valence-electron chi connectivity index (χ0n) is 14.5. The highest BCUT2D eigenvalue weighted by atomic mass is 16.6. The van der Waals surface area contributed by atoms with Gasteiger partial charge < -0.3 is 25.8 Å². The Kier molecular flexibility index (Phi) is 5.88. The number of aliphatic hydroxyl groups is 3. The predicted octanol–water partition coefficient (Wildman–Crippen LogP) is -0.422. The van der Waals surface area contributed by atoms with Crippen LogP contribution in [0.5, 0.6) is 0 Å². The Bertz CT molecular complexity index is 855. The van der Waals surface area contributed by atoms with Gasteiger partial charge in [0, 0.05) is 6.42 Å². The molecule has 0 radical (unpaired) electrons. The van der Waals surface area contributed by atoms with Crippen LogP contribution < -0.4 is 5.73 Å². The van der Waals surface area contributed by atoms with Gasteiger partial charge in [-0.25, -0.2) is 4.98 Å². The van der Waals surface area contributed by atoms with E-state index in [4.69, 9.17) is 10.5 Å². The van der Waals surface area contributed by atoms with Crippen molar-refractivity contribution >= 4 is 5.91 Å². The van der Waals surface area contributed by atoms with Gasteiger partial charge in [-0.1, -0.05) is 36.3 Å². The van der Waals surface area contributed by atoms with Gasteiger partial charge >= 0.3 is 0 Å². The second-order valence-corrected chi connectivity index (χ2v) is 6.23. The lowest BCUT2D eigenvalue weighted by Crippen LogP contribution is -2.33. The maximum absolute atomic E-state index is 11.7. The lowest BCUT2D eigenvalue weighted by Gasteiger charge is -2.17. The molecule has 1 saturated heterocycles. The van der Waals surface area contributed by atoms with Gasteiger partial charge in [-0.2, -0.15) is 0 Å². The first-order chi connectivity index (χ1) is 13.0. The lowest BCUT2D eigenvalue weighted by atomic mass is 10.1. The van der Waals surface area contributed by atoms with E-state index in [0.29, 0.717) is 6.42 Å². The summed E-state index contributed by atoms with van der Waals surface area (Å²) in [6, 6.07) is 9.84. The van der Waals surface area contributed by atoms with E-state index in [-0.39, 0.29) is 11.4 Å². The number of aryl methyl sites for hydroxylation is 1. The number of ether oxygens (including phenoxy) is 1. The third-order valence-electron chi connectivity index (χ3n) is 4.41. The number of benzene rings is 1. The summed E-state index contributed by atoms with van der Waals surface area (Å²) in [5.41, 5.74) is 6.66. The number of primary amides is 1. The summed E-state index contributed by atoms with van der Waals surface area (Å²) in [5.74, 6) is 5.10. The zero-order valence-corrected chi connectivity index (χ0v) is 14.5. The van der Waals surface area contributed by atoms with Crippen LogP contribution in [0.3, 0.4) is 0 Å². The highest BCUT2D eigenvalue weighted by Crippen LogP contribution is 2.30. The number of hydrogen-bond donors (Lipinski definition) is 4. The number of aliphatic hydroxyl groups excluding tert-OH is 3. The third-order valence-corrected chi connectivity index (χ3v) is 4.41. The molecule has 4 atom stereocenters. The fourth-order valence-corrected chi connectivity index (χ4v) is 2.97. The second-order valence-electron chi connectivity index (χ2n) is 6.23. The molecule has 2 heterocycles. The van der Waals surface area contributed by atoms with Gasteiger partial charge in [0.1, 0.15) is 24.0 Å². The lowest BCUT2D eigenvalue weighted by molar-refractivity contribution is -0.0531. The Morgan fingerprint density at radius 2 is 2.00 bits per heavy atom. The fourth-order valence-electron chi connectivity index (χ4n) is 2.97. The molecule has 2 aromatic rings. The van der Waals surface area contributed by atoms with Gasteiger partial charge in [0.2, 0.25) is 0 Å². The number of imidazole rings is 1. The van der Waals surface area contributed by atoms with Crippen molar-refractivity contribution in [3.8, 4) is 11.8 Å². The van der Waals surface area contributed by atoms with Gasteiger partial charge in [0.25, 0.3) is 5.91 Å². The number of carbonyl (C=O) groups excluding carboxylic acids is 1. The van der Waals surface area contributed by atoms with Crippen LogP contribution >= 0.6 is 0 Å². The molecule has 0 unspecified atom stereocenters. The molecule has 0 saturated carbocycles. The van der Waals surface area contributed by atoms with Crippen molar-refractivity contribution in [2.24, 2.45) is 5.73 Å². The number of nitrogens with two attached hydrogens (primary N) is 1. The Morgan fingerprint density at radius 3 is 2.63 bits per heavy atom. The maximum atomic E-state index is 11.7. The van der Waals surface area contributed by atoms with Crippen LogP contribution in [0.2, 0.25) is 0 Å². The van der Waals surface area contributed by atoms with Crippen molar-refractivity contribution in [3.05, 3.63) is 53.6 Å². The molecule has 142 valence electrons. The molecule has 0 aliphatic carbocycles. The van der Waals surface area contributed by atoms with Crippen molar-refractivity contribution in [3.63, 3.8) is 0 Å². The molecule has 1 aromatic carbocycles. The number of aromatic nitrogens is 2. The SMILES string of the molecule is NC(=O)c1ncn([C@@H]2O[C@H](CO)[C@@H](O)[C@H]2O)c1C#CCCc1ccccc1. The smallest absolute Gasteiger partial charge is 0.270 e. The zero-order chi connectivity index (χ0) is 19.4. The average molecular weight is 371 g/mol. The highest BCUT2D eigenvalue weighted by molar-refractivity contribution is 5.93. The molecule has 1 aliphatic rings. The van der Waals surface area contributed by atoms with Gasteiger partial charge in [-0.3, -0.25) is 9.36 Å². The summed E-state index contributed by atoms with van der Waals surface area (Å²) in [6.07, 6.45) is -1.98. The van der Waals surface area contributed by atoms with Crippen LogP contribution in [0.25, 0.3) is 0 Å². The molecule has 1 aliphatic heterocycles. The van der Waals surface area contributed by atoms with Crippen LogP contribution in [-0.2, 0) is 11.2 Å². The molecule has 27 heavy (non-hydrogen) atoms. The number of nitrogens with zero attached hydrogens (tertiary/aromatic N) is 2. The summed E-state index contributed by atoms with van der Waals surface area (Å²) in [7, 11) is 0. The molecule has 5 N–H and O–H groups in total. The van der Waals surface area contributed by atoms with Crippen molar-refractivity contribution in [2.75, 3.05) is 6.61 Å². The monoisotopic (exact) mass is 371 g/mol. The van der Waals surface area contributed by atoms with E-state index in [1.807, 2.05) is 30.3 Å². The van der Waals surface area contributed by atoms with E-state index >= 15 is 0 Å². The number of rotatable bonds is 5. The second kappa shape index (κ2) is 8.33. The van der Waals surface area contributed by atoms with Crippen LogP contribution in [0.4, 0.5) is 0 Å². The molecule has 0 bridgehead atoms. The minimum absolute atomic E-state index is 0.0417. The van der Waals surface area contributed by atoms with E-state index < -0.39 is 37.1 Å². The van der Waals surface area contributed by atoms with Gasteiger partial charge in [0.15, 0.2) is 11.9 Å². The van der Waals surface area contributed by atoms with Gasteiger partial charge in [-0.05, 0) is 17.9 Å². The van der Waals surface area contributed by atoms with E-state index in [1.165, 1.54) is 10.9 Å². The number of amides is 1. The molecular formula is C19H21N3O5. The maximum Gasteiger partial charge on any atom is 0.270 e. The molecule has 0 spiro atoms. The minimum Gasteiger partial charge on any atom is -0.394 e. The van der Waals surface area contributed by atoms with Crippen LogP contribution in [0, 0.1) is 11.8 Å². The van der Waals surface area contributed by atoms with Crippen molar-refractivity contribution in [1.82, 2.24) is 9.55 Å². The summed E-state index contributed by atoms with van der Waals surface area (Å²) in [6.45, 7) is -0.454. The Balaban J connectivity index is 1.83. The van der Waals surface area contributed by atoms with Crippen molar-refractivity contribution in [2.45, 2.75) is 37.4 Å². The van der Waals surface area contributed by atoms with E-state index in [2.05, 4.69) is 16.8 Å². The summed E-state index contributed by atoms with van der Waals surface area (Å²) >= 11 is 0. The molecule has 1 amide bonds.